The van der Waals surface area contributed by atoms with Crippen molar-refractivity contribution in [3.05, 3.63) is 81.4 Å². The number of pyridine rings is 2. The van der Waals surface area contributed by atoms with Gasteiger partial charge in [0.15, 0.2) is 5.78 Å². The molecule has 11 heteroatoms. The Hall–Kier alpha value is -4.64. The third kappa shape index (κ3) is 5.28. The fraction of sp³-hybridized carbons (Fsp3) is 0.310. The molecule has 0 aliphatic heterocycles. The molecule has 1 saturated carbocycles. The molecule has 11 nitrogen and oxygen atoms in total. The summed E-state index contributed by atoms with van der Waals surface area (Å²) in [6.07, 6.45) is 7.22. The Balaban J connectivity index is 1.37. The van der Waals surface area contributed by atoms with Gasteiger partial charge in [0, 0.05) is 36.8 Å². The Morgan fingerprint density at radius 3 is 2.42 bits per heavy atom. The largest absolute Gasteiger partial charge is 0.369 e. The molecule has 0 bridgehead atoms. The van der Waals surface area contributed by atoms with E-state index in [1.165, 1.54) is 6.92 Å². The molecule has 3 aromatic heterocycles. The van der Waals surface area contributed by atoms with Crippen molar-refractivity contribution in [2.75, 3.05) is 17.3 Å². The second-order valence-corrected chi connectivity index (χ2v) is 10.1. The highest BCUT2D eigenvalue weighted by Gasteiger charge is 2.25. The minimum Gasteiger partial charge on any atom is -0.369 e. The molecule has 5 rings (SSSR count). The van der Waals surface area contributed by atoms with Gasteiger partial charge in [0.1, 0.15) is 11.5 Å². The molecule has 1 fully saturated rings. The highest BCUT2D eigenvalue weighted by atomic mass is 16.5. The number of aryl methyl sites for hydroxylation is 1. The van der Waals surface area contributed by atoms with Crippen molar-refractivity contribution < 1.29 is 14.8 Å². The van der Waals surface area contributed by atoms with Gasteiger partial charge in [-0.2, -0.15) is 4.98 Å². The smallest absolute Gasteiger partial charge is 0.274 e. The molecule has 0 atom stereocenters. The standard InChI is InChI=1S/C29H31N7O4/c1-17-23-15-31-29(33-26(23)36(21-6-4-5-7-21)28(39)25(17)18(2)37)32-24-13-12-22(14-30-24)35(3)16-19-8-10-20(11-9-19)27(38)34-40/h8-15,21,40H,4-7,16H2,1-3H3,(H,34,38)(H,30,31,32,33). The number of aromatic nitrogens is 4. The monoisotopic (exact) mass is 541 g/mol. The van der Waals surface area contributed by atoms with Crippen molar-refractivity contribution in [3.63, 3.8) is 0 Å². The molecule has 0 unspecified atom stereocenters. The first-order valence-corrected chi connectivity index (χ1v) is 13.2. The quantitative estimate of drug-likeness (QED) is 0.169. The Kier molecular flexibility index (Phi) is 7.56. The topological polar surface area (TPSA) is 142 Å². The number of nitrogens with one attached hydrogen (secondary N) is 2. The number of anilines is 3. The zero-order valence-corrected chi connectivity index (χ0v) is 22.6. The maximum atomic E-state index is 13.4. The average molecular weight is 542 g/mol. The first-order chi connectivity index (χ1) is 19.3. The summed E-state index contributed by atoms with van der Waals surface area (Å²) >= 11 is 0. The molecule has 4 aromatic rings. The number of amides is 1. The summed E-state index contributed by atoms with van der Waals surface area (Å²) in [6.45, 7) is 3.78. The number of hydrogen-bond donors (Lipinski definition) is 3. The van der Waals surface area contributed by atoms with Crippen molar-refractivity contribution in [2.45, 2.75) is 52.1 Å². The molecule has 0 spiro atoms. The molecule has 0 saturated heterocycles. The predicted octanol–water partition coefficient (Wildman–Crippen LogP) is 4.31. The number of rotatable bonds is 8. The van der Waals surface area contributed by atoms with Crippen LogP contribution in [-0.4, -0.2) is 43.5 Å². The zero-order valence-electron chi connectivity index (χ0n) is 22.6. The Morgan fingerprint density at radius 1 is 1.07 bits per heavy atom. The maximum Gasteiger partial charge on any atom is 0.274 e. The summed E-state index contributed by atoms with van der Waals surface area (Å²) in [5.41, 5.74) is 4.91. The number of hydroxylamine groups is 1. The summed E-state index contributed by atoms with van der Waals surface area (Å²) in [6, 6.07) is 10.7. The first kappa shape index (κ1) is 26.9. The second kappa shape index (κ2) is 11.2. The van der Waals surface area contributed by atoms with Gasteiger partial charge in [0.2, 0.25) is 5.95 Å². The van der Waals surface area contributed by atoms with E-state index in [2.05, 4.69) is 15.3 Å². The van der Waals surface area contributed by atoms with E-state index in [0.29, 0.717) is 40.5 Å². The summed E-state index contributed by atoms with van der Waals surface area (Å²) in [4.78, 5) is 53.0. The molecular formula is C29H31N7O4. The molecule has 1 aliphatic carbocycles. The number of ketones is 1. The van der Waals surface area contributed by atoms with Crippen molar-refractivity contribution >= 4 is 40.2 Å². The van der Waals surface area contributed by atoms with E-state index in [4.69, 9.17) is 10.2 Å². The molecule has 1 aromatic carbocycles. The number of carbonyl (C=O) groups is 2. The van der Waals surface area contributed by atoms with Crippen molar-refractivity contribution in [1.82, 2.24) is 25.0 Å². The van der Waals surface area contributed by atoms with E-state index in [0.717, 1.165) is 36.9 Å². The van der Waals surface area contributed by atoms with Crippen molar-refractivity contribution in [3.8, 4) is 0 Å². The minimum atomic E-state index is -0.555. The molecular weight excluding hydrogens is 510 g/mol. The highest BCUT2D eigenvalue weighted by Crippen LogP contribution is 2.32. The molecule has 1 aliphatic rings. The second-order valence-electron chi connectivity index (χ2n) is 10.1. The highest BCUT2D eigenvalue weighted by molar-refractivity contribution is 5.99. The van der Waals surface area contributed by atoms with E-state index >= 15 is 0 Å². The first-order valence-electron chi connectivity index (χ1n) is 13.2. The number of fused-ring (bicyclic) bond motifs is 1. The normalized spacial score (nSPS) is 13.4. The van der Waals surface area contributed by atoms with Crippen LogP contribution in [0.5, 0.6) is 0 Å². The fourth-order valence-corrected chi connectivity index (χ4v) is 5.30. The number of Topliss-reactive ketones (excluding diaryl/α,β-unsaturated/α-hetero) is 1. The van der Waals surface area contributed by atoms with Crippen molar-refractivity contribution in [2.24, 2.45) is 0 Å². The maximum absolute atomic E-state index is 13.4. The van der Waals surface area contributed by atoms with Crippen LogP contribution in [0.25, 0.3) is 11.0 Å². The van der Waals surface area contributed by atoms with Crippen LogP contribution >= 0.6 is 0 Å². The summed E-state index contributed by atoms with van der Waals surface area (Å²) in [7, 11) is 1.94. The van der Waals surface area contributed by atoms with E-state index in [-0.39, 0.29) is 22.9 Å². The van der Waals surface area contributed by atoms with Crippen LogP contribution in [0, 0.1) is 6.92 Å². The Morgan fingerprint density at radius 2 is 1.80 bits per heavy atom. The minimum absolute atomic E-state index is 0.00688. The Labute approximate surface area is 230 Å². The third-order valence-corrected chi connectivity index (χ3v) is 7.42. The average Bonchev–Trinajstić information content (AvgIpc) is 3.48. The lowest BCUT2D eigenvalue weighted by Gasteiger charge is -2.20. The van der Waals surface area contributed by atoms with Crippen LogP contribution in [0.15, 0.2) is 53.6 Å². The number of hydrogen-bond acceptors (Lipinski definition) is 9. The zero-order chi connectivity index (χ0) is 28.4. The van der Waals surface area contributed by atoms with E-state index in [9.17, 15) is 14.4 Å². The van der Waals surface area contributed by atoms with Gasteiger partial charge < -0.3 is 10.2 Å². The van der Waals surface area contributed by atoms with Crippen LogP contribution in [0.2, 0.25) is 0 Å². The van der Waals surface area contributed by atoms with Gasteiger partial charge in [-0.1, -0.05) is 25.0 Å². The van der Waals surface area contributed by atoms with E-state index < -0.39 is 5.91 Å². The van der Waals surface area contributed by atoms with Gasteiger partial charge in [0.05, 0.1) is 17.4 Å². The lowest BCUT2D eigenvalue weighted by molar-refractivity contribution is 0.0706. The molecule has 40 heavy (non-hydrogen) atoms. The van der Waals surface area contributed by atoms with Crippen LogP contribution in [0.3, 0.4) is 0 Å². The fourth-order valence-electron chi connectivity index (χ4n) is 5.30. The molecule has 3 N–H and O–H groups in total. The lowest BCUT2D eigenvalue weighted by Crippen LogP contribution is -2.30. The Bertz CT molecular complexity index is 1630. The van der Waals surface area contributed by atoms with E-state index in [1.54, 1.807) is 41.5 Å². The van der Waals surface area contributed by atoms with Gasteiger partial charge >= 0.3 is 0 Å². The number of benzene rings is 1. The van der Waals surface area contributed by atoms with Crippen LogP contribution in [0.1, 0.15) is 70.5 Å². The SMILES string of the molecule is CC(=O)c1c(C)c2cnc(Nc3ccc(N(C)Cc4ccc(C(=O)NO)cc4)cn3)nc2n(C2CCCC2)c1=O. The van der Waals surface area contributed by atoms with Gasteiger partial charge in [0.25, 0.3) is 11.5 Å². The lowest BCUT2D eigenvalue weighted by atomic mass is 10.0. The number of nitrogens with zero attached hydrogens (tertiary/aromatic N) is 5. The van der Waals surface area contributed by atoms with Gasteiger partial charge in [-0.05, 0) is 62.1 Å². The van der Waals surface area contributed by atoms with Gasteiger partial charge in [-0.15, -0.1) is 0 Å². The van der Waals surface area contributed by atoms with Crippen LogP contribution in [0.4, 0.5) is 17.5 Å². The third-order valence-electron chi connectivity index (χ3n) is 7.42. The number of carbonyl (C=O) groups excluding carboxylic acids is 2. The molecule has 3 heterocycles. The molecule has 0 radical (unpaired) electrons. The van der Waals surface area contributed by atoms with Crippen molar-refractivity contribution in [1.29, 1.82) is 0 Å². The molecule has 1 amide bonds. The van der Waals surface area contributed by atoms with Crippen LogP contribution in [-0.2, 0) is 6.54 Å². The van der Waals surface area contributed by atoms with E-state index in [1.807, 2.05) is 36.2 Å². The molecule has 206 valence electrons. The predicted molar refractivity (Wildman–Crippen MR) is 151 cm³/mol. The summed E-state index contributed by atoms with van der Waals surface area (Å²) < 4.78 is 1.69. The van der Waals surface area contributed by atoms with Crippen LogP contribution < -0.4 is 21.3 Å². The van der Waals surface area contributed by atoms with Gasteiger partial charge in [-0.25, -0.2) is 15.4 Å². The summed E-state index contributed by atoms with van der Waals surface area (Å²) in [5, 5.41) is 12.6. The summed E-state index contributed by atoms with van der Waals surface area (Å²) in [5.74, 6) is 0.0519. The van der Waals surface area contributed by atoms with Gasteiger partial charge in [-0.3, -0.25) is 24.2 Å².